The fourth-order valence-electron chi connectivity index (χ4n) is 3.48. The molecule has 0 bridgehead atoms. The lowest BCUT2D eigenvalue weighted by Crippen LogP contribution is -2.40. The van der Waals surface area contributed by atoms with Gasteiger partial charge in [-0.05, 0) is 48.4 Å². The molecule has 0 radical (unpaired) electrons. The van der Waals surface area contributed by atoms with Gasteiger partial charge in [-0.3, -0.25) is 19.0 Å². The molecule has 2 aromatic rings. The van der Waals surface area contributed by atoms with Gasteiger partial charge in [-0.15, -0.1) is 0 Å². The van der Waals surface area contributed by atoms with Crippen molar-refractivity contribution in [3.05, 3.63) is 56.3 Å². The monoisotopic (exact) mass is 403 g/mol. The predicted molar refractivity (Wildman–Crippen MR) is 106 cm³/mol. The Kier molecular flexibility index (Phi) is 5.14. The Balaban J connectivity index is 1.72. The van der Waals surface area contributed by atoms with E-state index >= 15 is 0 Å². The molecule has 7 nitrogen and oxygen atoms in total. The number of anilines is 2. The van der Waals surface area contributed by atoms with Gasteiger partial charge in [-0.25, -0.2) is 5.06 Å². The van der Waals surface area contributed by atoms with Crippen LogP contribution >= 0.6 is 11.6 Å². The van der Waals surface area contributed by atoms with Crippen molar-refractivity contribution in [2.45, 2.75) is 25.2 Å². The van der Waals surface area contributed by atoms with Crippen molar-refractivity contribution in [2.24, 2.45) is 7.05 Å². The highest BCUT2D eigenvalue weighted by molar-refractivity contribution is 6.33. The highest BCUT2D eigenvalue weighted by Crippen LogP contribution is 2.42. The number of nitrogens with zero attached hydrogens (tertiary/aromatic N) is 2. The van der Waals surface area contributed by atoms with E-state index in [2.05, 4.69) is 5.32 Å². The van der Waals surface area contributed by atoms with Crippen LogP contribution in [0.25, 0.3) is 0 Å². The molecule has 1 saturated carbocycles. The van der Waals surface area contributed by atoms with E-state index in [0.29, 0.717) is 46.5 Å². The number of benzene rings is 1. The van der Waals surface area contributed by atoms with E-state index in [4.69, 9.17) is 21.5 Å². The molecule has 1 aliphatic carbocycles. The summed E-state index contributed by atoms with van der Waals surface area (Å²) >= 11 is 6.46. The lowest BCUT2D eigenvalue weighted by Gasteiger charge is -2.29. The Hall–Kier alpha value is -2.35. The second-order valence-electron chi connectivity index (χ2n) is 7.14. The SMILES string of the molecule is Cn1c(Nc2ccc(C3CC3)cc2Cl)c2c(cc1=O)CCN(OCCO)C2=O. The number of fused-ring (bicyclic) bond motifs is 1. The molecule has 8 heteroatoms. The molecule has 1 aromatic heterocycles. The zero-order chi connectivity index (χ0) is 19.8. The van der Waals surface area contributed by atoms with Gasteiger partial charge in [0.2, 0.25) is 0 Å². The van der Waals surface area contributed by atoms with Crippen LogP contribution in [0.3, 0.4) is 0 Å². The first-order valence-corrected chi connectivity index (χ1v) is 9.72. The standard InChI is InChI=1S/C20H22ClN3O4/c1-23-17(26)11-14-6-7-24(28-9-8-25)20(27)18(14)19(23)22-16-5-4-13(10-15(16)21)12-2-3-12/h4-5,10-12,22,25H,2-3,6-9H2,1H3. The van der Waals surface area contributed by atoms with E-state index < -0.39 is 0 Å². The molecule has 2 aliphatic rings. The first kappa shape index (κ1) is 19.0. The third-order valence-corrected chi connectivity index (χ3v) is 5.49. The van der Waals surface area contributed by atoms with Gasteiger partial charge in [-0.1, -0.05) is 17.7 Å². The molecular weight excluding hydrogens is 382 g/mol. The Morgan fingerprint density at radius 2 is 2.07 bits per heavy atom. The molecule has 1 aliphatic heterocycles. The average Bonchev–Trinajstić information content (AvgIpc) is 3.51. The first-order chi connectivity index (χ1) is 13.5. The zero-order valence-electron chi connectivity index (χ0n) is 15.6. The van der Waals surface area contributed by atoms with Crippen LogP contribution in [0.4, 0.5) is 11.5 Å². The largest absolute Gasteiger partial charge is 0.394 e. The number of aromatic nitrogens is 1. The number of pyridine rings is 1. The molecule has 2 N–H and O–H groups in total. The number of hydrogen-bond donors (Lipinski definition) is 2. The zero-order valence-corrected chi connectivity index (χ0v) is 16.3. The van der Waals surface area contributed by atoms with Crippen LogP contribution in [-0.4, -0.2) is 40.4 Å². The van der Waals surface area contributed by atoms with Gasteiger partial charge in [0.1, 0.15) is 5.82 Å². The van der Waals surface area contributed by atoms with Crippen LogP contribution in [0.1, 0.15) is 40.2 Å². The molecule has 28 heavy (non-hydrogen) atoms. The number of rotatable bonds is 6. The molecule has 148 valence electrons. The van der Waals surface area contributed by atoms with Crippen LogP contribution in [0.2, 0.25) is 5.02 Å². The van der Waals surface area contributed by atoms with Gasteiger partial charge < -0.3 is 10.4 Å². The van der Waals surface area contributed by atoms with Gasteiger partial charge in [-0.2, -0.15) is 0 Å². The number of aliphatic hydroxyl groups excluding tert-OH is 1. The normalized spacial score (nSPS) is 16.2. The quantitative estimate of drug-likeness (QED) is 0.774. The molecular formula is C20H22ClN3O4. The van der Waals surface area contributed by atoms with E-state index in [9.17, 15) is 9.59 Å². The van der Waals surface area contributed by atoms with Crippen molar-refractivity contribution in [3.8, 4) is 0 Å². The smallest absolute Gasteiger partial charge is 0.281 e. The van der Waals surface area contributed by atoms with E-state index in [0.717, 1.165) is 0 Å². The summed E-state index contributed by atoms with van der Waals surface area (Å²) in [5, 5.41) is 13.9. The number of aliphatic hydroxyl groups is 1. The van der Waals surface area contributed by atoms with Crippen LogP contribution in [0.15, 0.2) is 29.1 Å². The maximum atomic E-state index is 13.0. The van der Waals surface area contributed by atoms with Crippen molar-refractivity contribution in [2.75, 3.05) is 25.1 Å². The highest BCUT2D eigenvalue weighted by atomic mass is 35.5. The number of hydroxylamine groups is 2. The summed E-state index contributed by atoms with van der Waals surface area (Å²) in [6.07, 6.45) is 2.86. The first-order valence-electron chi connectivity index (χ1n) is 9.34. The van der Waals surface area contributed by atoms with Crippen LogP contribution in [0.5, 0.6) is 0 Å². The van der Waals surface area contributed by atoms with Gasteiger partial charge in [0.15, 0.2) is 0 Å². The van der Waals surface area contributed by atoms with Crippen molar-refractivity contribution >= 4 is 29.0 Å². The van der Waals surface area contributed by atoms with Crippen LogP contribution in [0, 0.1) is 0 Å². The Morgan fingerprint density at radius 1 is 1.29 bits per heavy atom. The highest BCUT2D eigenvalue weighted by Gasteiger charge is 2.30. The van der Waals surface area contributed by atoms with Crippen molar-refractivity contribution in [1.82, 2.24) is 9.63 Å². The second-order valence-corrected chi connectivity index (χ2v) is 7.55. The maximum absolute atomic E-state index is 13.0. The number of carbonyl (C=O) groups excluding carboxylic acids is 1. The summed E-state index contributed by atoms with van der Waals surface area (Å²) in [5.41, 5.74) is 2.69. The van der Waals surface area contributed by atoms with Crippen molar-refractivity contribution < 1.29 is 14.7 Å². The molecule has 0 spiro atoms. The summed E-state index contributed by atoms with van der Waals surface area (Å²) < 4.78 is 1.40. The van der Waals surface area contributed by atoms with E-state index in [-0.39, 0.29) is 24.7 Å². The fraction of sp³-hybridized carbons (Fsp3) is 0.400. The summed E-state index contributed by atoms with van der Waals surface area (Å²) in [5.74, 6) is 0.614. The summed E-state index contributed by atoms with van der Waals surface area (Å²) in [6, 6.07) is 7.33. The molecule has 1 fully saturated rings. The molecule has 2 heterocycles. The number of nitrogens with one attached hydrogen (secondary N) is 1. The predicted octanol–water partition coefficient (Wildman–Crippen LogP) is 2.58. The number of carbonyl (C=O) groups is 1. The van der Waals surface area contributed by atoms with Gasteiger partial charge in [0, 0.05) is 13.1 Å². The van der Waals surface area contributed by atoms with Crippen LogP contribution in [-0.2, 0) is 18.3 Å². The Bertz CT molecular complexity index is 984. The molecule has 1 aromatic carbocycles. The maximum Gasteiger partial charge on any atom is 0.281 e. The van der Waals surface area contributed by atoms with E-state index in [1.54, 1.807) is 7.05 Å². The third kappa shape index (κ3) is 3.53. The number of hydrogen-bond acceptors (Lipinski definition) is 5. The summed E-state index contributed by atoms with van der Waals surface area (Å²) in [4.78, 5) is 30.7. The minimum absolute atomic E-state index is 0.0318. The number of amides is 1. The average molecular weight is 404 g/mol. The summed E-state index contributed by atoms with van der Waals surface area (Å²) in [6.45, 7) is 0.178. The lowest BCUT2D eigenvalue weighted by molar-refractivity contribution is -0.132. The molecule has 0 atom stereocenters. The lowest BCUT2D eigenvalue weighted by atomic mass is 10.0. The van der Waals surface area contributed by atoms with Gasteiger partial charge in [0.05, 0.1) is 36.0 Å². The molecule has 1 amide bonds. The van der Waals surface area contributed by atoms with Crippen LogP contribution < -0.4 is 10.9 Å². The van der Waals surface area contributed by atoms with Crippen molar-refractivity contribution in [1.29, 1.82) is 0 Å². The minimum atomic E-state index is -0.349. The third-order valence-electron chi connectivity index (χ3n) is 5.18. The fourth-order valence-corrected chi connectivity index (χ4v) is 3.72. The molecule has 0 unspecified atom stereocenters. The number of halogens is 1. The van der Waals surface area contributed by atoms with Crippen molar-refractivity contribution in [3.63, 3.8) is 0 Å². The van der Waals surface area contributed by atoms with Gasteiger partial charge >= 0.3 is 0 Å². The Labute approximate surface area is 167 Å². The van der Waals surface area contributed by atoms with Gasteiger partial charge in [0.25, 0.3) is 11.5 Å². The minimum Gasteiger partial charge on any atom is -0.394 e. The Morgan fingerprint density at radius 3 is 2.75 bits per heavy atom. The topological polar surface area (TPSA) is 83.8 Å². The second kappa shape index (κ2) is 7.58. The van der Waals surface area contributed by atoms with E-state index in [1.807, 2.05) is 18.2 Å². The molecule has 4 rings (SSSR count). The van der Waals surface area contributed by atoms with E-state index in [1.165, 1.54) is 34.1 Å². The summed E-state index contributed by atoms with van der Waals surface area (Å²) in [7, 11) is 1.61. The molecule has 0 saturated heterocycles.